The van der Waals surface area contributed by atoms with Crippen LogP contribution in [-0.2, 0) is 16.0 Å². The van der Waals surface area contributed by atoms with Crippen LogP contribution in [0.2, 0.25) is 0 Å². The number of morpholine rings is 1. The molecule has 0 aromatic carbocycles. The molecule has 1 saturated heterocycles. The van der Waals surface area contributed by atoms with Crippen LogP contribution >= 0.6 is 0 Å². The van der Waals surface area contributed by atoms with Crippen molar-refractivity contribution < 1.29 is 9.53 Å². The second kappa shape index (κ2) is 6.63. The molecule has 2 rings (SSSR count). The van der Waals surface area contributed by atoms with Crippen molar-refractivity contribution in [1.82, 2.24) is 15.6 Å². The molecule has 0 saturated carbocycles. The summed E-state index contributed by atoms with van der Waals surface area (Å²) in [4.78, 5) is 16.1. The van der Waals surface area contributed by atoms with Gasteiger partial charge in [-0.2, -0.15) is 0 Å². The molecule has 2 N–H and O–H groups in total. The van der Waals surface area contributed by atoms with Gasteiger partial charge in [0.25, 0.3) is 0 Å². The number of pyridine rings is 1. The van der Waals surface area contributed by atoms with Gasteiger partial charge >= 0.3 is 0 Å². The van der Waals surface area contributed by atoms with Crippen molar-refractivity contribution in [2.75, 3.05) is 13.2 Å². The van der Waals surface area contributed by atoms with Gasteiger partial charge in [0.05, 0.1) is 12.7 Å². The summed E-state index contributed by atoms with van der Waals surface area (Å²) in [5, 5.41) is 6.22. The zero-order valence-electron chi connectivity index (χ0n) is 11.4. The van der Waals surface area contributed by atoms with Crippen LogP contribution in [0.4, 0.5) is 0 Å². The highest BCUT2D eigenvalue weighted by Crippen LogP contribution is 2.06. The quantitative estimate of drug-likeness (QED) is 0.830. The van der Waals surface area contributed by atoms with Crippen molar-refractivity contribution >= 4 is 5.91 Å². The average molecular weight is 263 g/mol. The number of rotatable bonds is 4. The first-order chi connectivity index (χ1) is 9.16. The molecule has 1 unspecified atom stereocenters. The van der Waals surface area contributed by atoms with Crippen LogP contribution < -0.4 is 10.6 Å². The van der Waals surface area contributed by atoms with E-state index >= 15 is 0 Å². The van der Waals surface area contributed by atoms with Crippen molar-refractivity contribution in [2.45, 2.75) is 38.5 Å². The lowest BCUT2D eigenvalue weighted by atomic mass is 10.1. The largest absolute Gasteiger partial charge is 0.375 e. The van der Waals surface area contributed by atoms with Crippen molar-refractivity contribution in [3.63, 3.8) is 0 Å². The lowest BCUT2D eigenvalue weighted by Gasteiger charge is -2.30. The Balaban J connectivity index is 1.84. The van der Waals surface area contributed by atoms with Crippen LogP contribution in [0.15, 0.2) is 24.5 Å². The van der Waals surface area contributed by atoms with Crippen LogP contribution in [0.1, 0.15) is 19.4 Å². The summed E-state index contributed by atoms with van der Waals surface area (Å²) < 4.78 is 5.48. The number of ether oxygens (including phenoxy) is 1. The predicted molar refractivity (Wildman–Crippen MR) is 72.8 cm³/mol. The molecular formula is C14H21N3O2. The Morgan fingerprint density at radius 1 is 1.58 bits per heavy atom. The van der Waals surface area contributed by atoms with Gasteiger partial charge in [-0.25, -0.2) is 0 Å². The average Bonchev–Trinajstić information content (AvgIpc) is 2.40. The molecule has 0 radical (unpaired) electrons. The van der Waals surface area contributed by atoms with Crippen LogP contribution in [0, 0.1) is 0 Å². The van der Waals surface area contributed by atoms with E-state index in [0.29, 0.717) is 6.61 Å². The Bertz CT molecular complexity index is 410. The number of nitrogens with zero attached hydrogens (tertiary/aromatic N) is 1. The molecule has 1 amide bonds. The molecule has 1 aromatic heterocycles. The minimum atomic E-state index is -0.256. The van der Waals surface area contributed by atoms with E-state index in [9.17, 15) is 4.79 Å². The summed E-state index contributed by atoms with van der Waals surface area (Å²) >= 11 is 0. The molecule has 0 aliphatic carbocycles. The molecule has 1 fully saturated rings. The fraction of sp³-hybridized carbons (Fsp3) is 0.571. The third kappa shape index (κ3) is 4.01. The van der Waals surface area contributed by atoms with Crippen molar-refractivity contribution in [1.29, 1.82) is 0 Å². The normalized spacial score (nSPS) is 24.7. The van der Waals surface area contributed by atoms with E-state index in [4.69, 9.17) is 4.74 Å². The molecule has 0 spiro atoms. The minimum Gasteiger partial charge on any atom is -0.375 e. The SMILES string of the molecule is CC(Cc1ccncc1)NC(=O)[C@H]1NCCO[C@@H]1C. The number of carbonyl (C=O) groups is 1. The molecular weight excluding hydrogens is 242 g/mol. The Morgan fingerprint density at radius 3 is 3.00 bits per heavy atom. The summed E-state index contributed by atoms with van der Waals surface area (Å²) in [5.74, 6) is 0.00811. The zero-order chi connectivity index (χ0) is 13.7. The smallest absolute Gasteiger partial charge is 0.240 e. The first-order valence-corrected chi connectivity index (χ1v) is 6.71. The molecule has 5 nitrogen and oxygen atoms in total. The van der Waals surface area contributed by atoms with Crippen molar-refractivity contribution in [2.24, 2.45) is 0 Å². The van der Waals surface area contributed by atoms with Gasteiger partial charge in [0, 0.05) is 25.0 Å². The van der Waals surface area contributed by atoms with E-state index < -0.39 is 0 Å². The number of carbonyl (C=O) groups excluding carboxylic acids is 1. The van der Waals surface area contributed by atoms with Gasteiger partial charge in [0.2, 0.25) is 5.91 Å². The first kappa shape index (κ1) is 14.0. The first-order valence-electron chi connectivity index (χ1n) is 6.71. The van der Waals surface area contributed by atoms with Gasteiger partial charge in [-0.3, -0.25) is 9.78 Å². The summed E-state index contributed by atoms with van der Waals surface area (Å²) in [5.41, 5.74) is 1.17. The second-order valence-corrected chi connectivity index (χ2v) is 4.98. The Morgan fingerprint density at radius 2 is 2.32 bits per heavy atom. The number of nitrogens with one attached hydrogen (secondary N) is 2. The van der Waals surface area contributed by atoms with Gasteiger partial charge in [-0.1, -0.05) is 0 Å². The molecule has 1 aliphatic heterocycles. The van der Waals surface area contributed by atoms with E-state index in [-0.39, 0.29) is 24.1 Å². The Kier molecular flexibility index (Phi) is 4.87. The molecule has 3 atom stereocenters. The highest BCUT2D eigenvalue weighted by atomic mass is 16.5. The van der Waals surface area contributed by atoms with E-state index in [1.54, 1.807) is 12.4 Å². The van der Waals surface area contributed by atoms with Gasteiger partial charge < -0.3 is 15.4 Å². The van der Waals surface area contributed by atoms with Gasteiger partial charge in [-0.05, 0) is 38.0 Å². The van der Waals surface area contributed by atoms with Crippen LogP contribution in [0.3, 0.4) is 0 Å². The molecule has 1 aromatic rings. The molecule has 1 aliphatic rings. The number of amides is 1. The zero-order valence-corrected chi connectivity index (χ0v) is 11.4. The van der Waals surface area contributed by atoms with E-state index in [0.717, 1.165) is 13.0 Å². The maximum Gasteiger partial charge on any atom is 0.240 e. The van der Waals surface area contributed by atoms with Crippen LogP contribution in [0.5, 0.6) is 0 Å². The number of hydrogen-bond donors (Lipinski definition) is 2. The fourth-order valence-electron chi connectivity index (χ4n) is 2.28. The molecule has 19 heavy (non-hydrogen) atoms. The molecule has 104 valence electrons. The number of hydrogen-bond acceptors (Lipinski definition) is 4. The van der Waals surface area contributed by atoms with E-state index in [1.807, 2.05) is 26.0 Å². The second-order valence-electron chi connectivity index (χ2n) is 4.98. The van der Waals surface area contributed by atoms with E-state index in [2.05, 4.69) is 15.6 Å². The highest BCUT2D eigenvalue weighted by molar-refractivity contribution is 5.82. The highest BCUT2D eigenvalue weighted by Gasteiger charge is 2.28. The van der Waals surface area contributed by atoms with Crippen LogP contribution in [-0.4, -0.2) is 42.2 Å². The minimum absolute atomic E-state index is 0.00811. The van der Waals surface area contributed by atoms with Crippen molar-refractivity contribution in [3.05, 3.63) is 30.1 Å². The predicted octanol–water partition coefficient (Wildman–Crippen LogP) is 0.506. The number of aromatic nitrogens is 1. The maximum atomic E-state index is 12.1. The lowest BCUT2D eigenvalue weighted by Crippen LogP contribution is -2.56. The van der Waals surface area contributed by atoms with Crippen molar-refractivity contribution in [3.8, 4) is 0 Å². The van der Waals surface area contributed by atoms with Gasteiger partial charge in [-0.15, -0.1) is 0 Å². The Labute approximate surface area is 113 Å². The topological polar surface area (TPSA) is 63.2 Å². The van der Waals surface area contributed by atoms with Gasteiger partial charge in [0.1, 0.15) is 6.04 Å². The summed E-state index contributed by atoms with van der Waals surface area (Å²) in [6.45, 7) is 5.31. The lowest BCUT2D eigenvalue weighted by molar-refractivity contribution is -0.129. The van der Waals surface area contributed by atoms with E-state index in [1.165, 1.54) is 5.56 Å². The monoisotopic (exact) mass is 263 g/mol. The maximum absolute atomic E-state index is 12.1. The van der Waals surface area contributed by atoms with Gasteiger partial charge in [0.15, 0.2) is 0 Å². The Hall–Kier alpha value is -1.46. The fourth-order valence-corrected chi connectivity index (χ4v) is 2.28. The summed E-state index contributed by atoms with van der Waals surface area (Å²) in [6, 6.07) is 3.76. The standard InChI is InChI=1S/C14H21N3O2/c1-10(9-12-3-5-15-6-4-12)17-14(18)13-11(2)19-8-7-16-13/h3-6,10-11,13,16H,7-9H2,1-2H3,(H,17,18)/t10?,11-,13+/m1/s1. The third-order valence-corrected chi connectivity index (χ3v) is 3.28. The molecule has 0 bridgehead atoms. The summed E-state index contributed by atoms with van der Waals surface area (Å²) in [7, 11) is 0. The molecule has 2 heterocycles. The molecule has 5 heteroatoms. The summed E-state index contributed by atoms with van der Waals surface area (Å²) in [6.07, 6.45) is 4.25. The van der Waals surface area contributed by atoms with Crippen LogP contribution in [0.25, 0.3) is 0 Å². The third-order valence-electron chi connectivity index (χ3n) is 3.28.